The Balaban J connectivity index is 1.19. The Morgan fingerprint density at radius 3 is 1.86 bits per heavy atom. The van der Waals surface area contributed by atoms with Crippen molar-refractivity contribution in [3.05, 3.63) is 179 Å². The van der Waals surface area contributed by atoms with Crippen molar-refractivity contribution in [3.63, 3.8) is 0 Å². The smallest absolute Gasteiger partial charge is 0.207 e. The molecule has 8 aromatic rings. The van der Waals surface area contributed by atoms with Crippen LogP contribution in [0.25, 0.3) is 55.3 Å². The van der Waals surface area contributed by atoms with Crippen LogP contribution in [0.2, 0.25) is 0 Å². The van der Waals surface area contributed by atoms with Gasteiger partial charge in [-0.1, -0.05) is 135 Å². The molecule has 3 aliphatic rings. The van der Waals surface area contributed by atoms with Crippen molar-refractivity contribution in [2.24, 2.45) is 0 Å². The third-order valence-corrected chi connectivity index (χ3v) is 13.5. The van der Waals surface area contributed by atoms with E-state index in [9.17, 15) is 0 Å². The fourth-order valence-corrected chi connectivity index (χ4v) is 11.1. The summed E-state index contributed by atoms with van der Waals surface area (Å²) in [6.45, 7) is 4.37. The number of para-hydroxylation sites is 1. The molecular weight excluding hydrogens is 633 g/mol. The van der Waals surface area contributed by atoms with Crippen LogP contribution in [0.3, 0.4) is 0 Å². The first-order valence-corrected chi connectivity index (χ1v) is 18.6. The maximum Gasteiger partial charge on any atom is 0.207 e. The minimum atomic E-state index is -3.94. The first-order valence-electron chi connectivity index (χ1n) is 17.1. The topological polar surface area (TPSA) is 47.3 Å². The lowest BCUT2D eigenvalue weighted by Crippen LogP contribution is -2.26. The SMILES string of the molecule is CC1(C)c2ccccc2-c2ccc(S(=O)(=O)c3cccc4c3-c3ccccc3C43c4ccccc4-c4c3ccc3c4oc4ccccc43)cc21. The lowest BCUT2D eigenvalue weighted by Gasteiger charge is -2.30. The molecule has 7 aromatic carbocycles. The largest absolute Gasteiger partial charge is 0.455 e. The molecular formula is C46H30O3S. The van der Waals surface area contributed by atoms with Gasteiger partial charge in [-0.15, -0.1) is 0 Å². The van der Waals surface area contributed by atoms with Gasteiger partial charge in [-0.25, -0.2) is 8.42 Å². The average Bonchev–Trinajstić information content (AvgIpc) is 3.84. The van der Waals surface area contributed by atoms with E-state index in [4.69, 9.17) is 4.42 Å². The standard InChI is InChI=1S/C46H30O3S/c1-45(2)34-16-7-3-12-28(34)29-23-22-27(26-39(29)45)50(47,48)41-21-11-19-37-42(41)32-14-4-8-17-35(32)46(37)36-18-9-5-15-33(36)43-38(46)25-24-31-30-13-6-10-20-40(30)49-44(31)43/h3-26H,1-2H3. The molecule has 3 aliphatic carbocycles. The minimum Gasteiger partial charge on any atom is -0.455 e. The number of fused-ring (bicyclic) bond motifs is 17. The maximum absolute atomic E-state index is 15.0. The lowest BCUT2D eigenvalue weighted by atomic mass is 9.70. The van der Waals surface area contributed by atoms with E-state index < -0.39 is 15.3 Å². The van der Waals surface area contributed by atoms with Gasteiger partial charge in [-0.05, 0) is 79.9 Å². The average molecular weight is 663 g/mol. The van der Waals surface area contributed by atoms with E-state index in [0.717, 1.165) is 77.6 Å². The molecule has 11 rings (SSSR count). The van der Waals surface area contributed by atoms with Crippen LogP contribution in [-0.2, 0) is 20.7 Å². The second kappa shape index (κ2) is 9.29. The van der Waals surface area contributed by atoms with Crippen molar-refractivity contribution in [2.45, 2.75) is 34.5 Å². The summed E-state index contributed by atoms with van der Waals surface area (Å²) in [6.07, 6.45) is 0. The number of rotatable bonds is 2. The second-order valence-corrected chi connectivity index (χ2v) is 16.3. The Hall–Kier alpha value is -5.71. The van der Waals surface area contributed by atoms with Gasteiger partial charge in [0, 0.05) is 27.3 Å². The number of sulfone groups is 1. The fraction of sp³-hybridized carbons (Fsp3) is 0.0870. The van der Waals surface area contributed by atoms with Crippen LogP contribution >= 0.6 is 0 Å². The summed E-state index contributed by atoms with van der Waals surface area (Å²) in [6, 6.07) is 49.5. The van der Waals surface area contributed by atoms with E-state index in [1.165, 1.54) is 11.1 Å². The molecule has 0 fully saturated rings. The highest BCUT2D eigenvalue weighted by Gasteiger charge is 2.53. The van der Waals surface area contributed by atoms with E-state index in [1.807, 2.05) is 48.5 Å². The van der Waals surface area contributed by atoms with Gasteiger partial charge in [0.1, 0.15) is 11.2 Å². The fourth-order valence-electron chi connectivity index (χ4n) is 9.62. The summed E-state index contributed by atoms with van der Waals surface area (Å²) < 4.78 is 36.7. The molecule has 0 saturated heterocycles. The number of hydrogen-bond donors (Lipinski definition) is 0. The molecule has 1 spiro atoms. The molecule has 0 N–H and O–H groups in total. The summed E-state index contributed by atoms with van der Waals surface area (Å²) in [5, 5.41) is 2.17. The Morgan fingerprint density at radius 1 is 0.480 bits per heavy atom. The molecule has 1 unspecified atom stereocenters. The van der Waals surface area contributed by atoms with Crippen molar-refractivity contribution in [2.75, 3.05) is 0 Å². The molecule has 0 bridgehead atoms. The highest BCUT2D eigenvalue weighted by molar-refractivity contribution is 7.91. The zero-order valence-electron chi connectivity index (χ0n) is 27.5. The summed E-state index contributed by atoms with van der Waals surface area (Å²) in [5.74, 6) is 0. The summed E-state index contributed by atoms with van der Waals surface area (Å²) in [4.78, 5) is 0.656. The van der Waals surface area contributed by atoms with E-state index in [-0.39, 0.29) is 5.41 Å². The maximum atomic E-state index is 15.0. The van der Waals surface area contributed by atoms with Crippen molar-refractivity contribution in [1.29, 1.82) is 0 Å². The summed E-state index contributed by atoms with van der Waals surface area (Å²) in [7, 11) is -3.94. The van der Waals surface area contributed by atoms with Crippen LogP contribution in [0, 0.1) is 0 Å². The molecule has 4 heteroatoms. The zero-order chi connectivity index (χ0) is 33.6. The van der Waals surface area contributed by atoms with Gasteiger partial charge in [0.25, 0.3) is 0 Å². The number of benzene rings is 7. The van der Waals surface area contributed by atoms with E-state index in [0.29, 0.717) is 9.79 Å². The van der Waals surface area contributed by atoms with Crippen molar-refractivity contribution < 1.29 is 12.8 Å². The number of furan rings is 1. The summed E-state index contributed by atoms with van der Waals surface area (Å²) >= 11 is 0. The predicted molar refractivity (Wildman–Crippen MR) is 199 cm³/mol. The molecule has 50 heavy (non-hydrogen) atoms. The molecule has 0 aliphatic heterocycles. The van der Waals surface area contributed by atoms with Crippen LogP contribution in [0.15, 0.2) is 160 Å². The third-order valence-electron chi connectivity index (χ3n) is 11.7. The molecule has 238 valence electrons. The zero-order valence-corrected chi connectivity index (χ0v) is 28.3. The van der Waals surface area contributed by atoms with E-state index in [1.54, 1.807) is 12.1 Å². The normalized spacial score (nSPS) is 17.4. The Kier molecular flexibility index (Phi) is 5.23. The molecule has 0 saturated carbocycles. The monoisotopic (exact) mass is 662 g/mol. The lowest BCUT2D eigenvalue weighted by molar-refractivity contribution is 0.595. The summed E-state index contributed by atoms with van der Waals surface area (Å²) in [5.41, 5.74) is 13.5. The molecule has 1 heterocycles. The van der Waals surface area contributed by atoms with Gasteiger partial charge in [0.05, 0.1) is 15.2 Å². The molecule has 0 radical (unpaired) electrons. The predicted octanol–water partition coefficient (Wildman–Crippen LogP) is 11.1. The quantitative estimate of drug-likeness (QED) is 0.185. The van der Waals surface area contributed by atoms with Gasteiger partial charge >= 0.3 is 0 Å². The van der Waals surface area contributed by atoms with Gasteiger partial charge in [-0.2, -0.15) is 0 Å². The van der Waals surface area contributed by atoms with E-state index in [2.05, 4.69) is 98.8 Å². The van der Waals surface area contributed by atoms with Gasteiger partial charge in [-0.3, -0.25) is 0 Å². The van der Waals surface area contributed by atoms with Gasteiger partial charge < -0.3 is 4.42 Å². The van der Waals surface area contributed by atoms with Crippen LogP contribution in [-0.4, -0.2) is 8.42 Å². The Morgan fingerprint density at radius 2 is 1.08 bits per heavy atom. The van der Waals surface area contributed by atoms with Crippen molar-refractivity contribution in [3.8, 4) is 33.4 Å². The van der Waals surface area contributed by atoms with E-state index >= 15 is 8.42 Å². The Bertz CT molecular complexity index is 2930. The highest BCUT2D eigenvalue weighted by atomic mass is 32.2. The first kappa shape index (κ1) is 28.2. The number of hydrogen-bond acceptors (Lipinski definition) is 3. The second-order valence-electron chi connectivity index (χ2n) is 14.4. The Labute approximate surface area is 290 Å². The van der Waals surface area contributed by atoms with Crippen LogP contribution in [0.4, 0.5) is 0 Å². The van der Waals surface area contributed by atoms with Crippen molar-refractivity contribution >= 4 is 31.8 Å². The van der Waals surface area contributed by atoms with Gasteiger partial charge in [0.2, 0.25) is 9.84 Å². The van der Waals surface area contributed by atoms with Gasteiger partial charge in [0.15, 0.2) is 0 Å². The molecule has 1 atom stereocenters. The molecule has 3 nitrogen and oxygen atoms in total. The van der Waals surface area contributed by atoms with Crippen LogP contribution in [0.1, 0.15) is 47.2 Å². The third kappa shape index (κ3) is 3.19. The first-order chi connectivity index (χ1) is 24.3. The molecule has 1 aromatic heterocycles. The molecule has 0 amide bonds. The van der Waals surface area contributed by atoms with Crippen LogP contribution in [0.5, 0.6) is 0 Å². The van der Waals surface area contributed by atoms with Crippen LogP contribution < -0.4 is 0 Å². The minimum absolute atomic E-state index is 0.313. The highest BCUT2D eigenvalue weighted by Crippen LogP contribution is 2.65. The van der Waals surface area contributed by atoms with Crippen molar-refractivity contribution in [1.82, 2.24) is 0 Å².